The number of nitrogens with two attached hydrogens (primary N) is 1. The molecule has 1 aliphatic carbocycles. The van der Waals surface area contributed by atoms with Gasteiger partial charge in [0.1, 0.15) is 16.3 Å². The molecule has 0 unspecified atom stereocenters. The zero-order chi connectivity index (χ0) is 15.7. The third-order valence-corrected chi connectivity index (χ3v) is 5.86. The lowest BCUT2D eigenvalue weighted by Crippen LogP contribution is -2.21. The van der Waals surface area contributed by atoms with E-state index in [1.54, 1.807) is 0 Å². The quantitative estimate of drug-likeness (QED) is 0.876. The van der Waals surface area contributed by atoms with Crippen LogP contribution in [-0.2, 0) is 22.4 Å². The number of anilines is 1. The molecule has 0 spiro atoms. The minimum Gasteiger partial charge on any atom is -0.378 e. The fourth-order valence-electron chi connectivity index (χ4n) is 2.65. The summed E-state index contributed by atoms with van der Waals surface area (Å²) in [7, 11) is 0. The lowest BCUT2D eigenvalue weighted by atomic mass is 9.96. The molecular weight excluding hydrogens is 320 g/mol. The van der Waals surface area contributed by atoms with Gasteiger partial charge in [-0.1, -0.05) is 11.8 Å². The van der Waals surface area contributed by atoms with Gasteiger partial charge in [-0.3, -0.25) is 9.59 Å². The van der Waals surface area contributed by atoms with E-state index in [1.807, 2.05) is 0 Å². The number of nitrogens with zero attached hydrogens (tertiary/aromatic N) is 2. The van der Waals surface area contributed by atoms with Gasteiger partial charge < -0.3 is 11.1 Å². The van der Waals surface area contributed by atoms with Crippen LogP contribution in [0.25, 0.3) is 0 Å². The second-order valence-corrected chi connectivity index (χ2v) is 7.50. The number of carbonyl (C=O) groups is 2. The monoisotopic (exact) mass is 334 g/mol. The number of rotatable bonds is 3. The first kappa shape index (κ1) is 15.1. The Morgan fingerprint density at radius 2 is 2.23 bits per heavy atom. The number of amidine groups is 1. The standard InChI is InChI=1S/C14H14N4O2S2/c15-6-8-7-3-1-2-4-9(7)21-13(8)17-11(19)5-10-12(20)18-14(16)22-10/h10H,1-5H2,(H,17,19)(H2,16,18,20)/t10-/m1/s1. The summed E-state index contributed by atoms with van der Waals surface area (Å²) in [6.07, 6.45) is 4.07. The third-order valence-electron chi connectivity index (χ3n) is 3.67. The zero-order valence-electron chi connectivity index (χ0n) is 11.7. The van der Waals surface area contributed by atoms with Crippen molar-refractivity contribution < 1.29 is 9.59 Å². The summed E-state index contributed by atoms with van der Waals surface area (Å²) in [5.41, 5.74) is 7.13. The fraction of sp³-hybridized carbons (Fsp3) is 0.429. The van der Waals surface area contributed by atoms with Gasteiger partial charge in [0.2, 0.25) is 5.91 Å². The Labute approximate surface area is 135 Å². The van der Waals surface area contributed by atoms with E-state index in [2.05, 4.69) is 16.4 Å². The van der Waals surface area contributed by atoms with E-state index in [9.17, 15) is 14.9 Å². The van der Waals surface area contributed by atoms with Gasteiger partial charge in [0.25, 0.3) is 5.91 Å². The molecule has 8 heteroatoms. The molecule has 3 rings (SSSR count). The summed E-state index contributed by atoms with van der Waals surface area (Å²) in [4.78, 5) is 28.5. The lowest BCUT2D eigenvalue weighted by molar-refractivity contribution is -0.121. The molecule has 2 aliphatic rings. The Bertz CT molecular complexity index is 717. The summed E-state index contributed by atoms with van der Waals surface area (Å²) < 4.78 is 0. The zero-order valence-corrected chi connectivity index (χ0v) is 13.4. The maximum atomic E-state index is 12.1. The van der Waals surface area contributed by atoms with Gasteiger partial charge >= 0.3 is 0 Å². The number of amides is 2. The van der Waals surface area contributed by atoms with Gasteiger partial charge in [-0.05, 0) is 31.2 Å². The highest BCUT2D eigenvalue weighted by molar-refractivity contribution is 8.15. The molecular formula is C14H14N4O2S2. The Hall–Kier alpha value is -1.85. The Balaban J connectivity index is 1.71. The molecule has 2 amide bonds. The molecule has 1 aromatic rings. The molecule has 0 saturated carbocycles. The smallest absolute Gasteiger partial charge is 0.262 e. The predicted octanol–water partition coefficient (Wildman–Crippen LogP) is 1.78. The number of aliphatic imine (C=N–C) groups is 1. The number of thioether (sulfide) groups is 1. The van der Waals surface area contributed by atoms with Crippen molar-refractivity contribution >= 4 is 45.1 Å². The van der Waals surface area contributed by atoms with Crippen LogP contribution in [0.1, 0.15) is 35.3 Å². The molecule has 1 atom stereocenters. The number of nitriles is 1. The van der Waals surface area contributed by atoms with E-state index in [0.29, 0.717) is 10.6 Å². The van der Waals surface area contributed by atoms with Crippen LogP contribution in [0.2, 0.25) is 0 Å². The molecule has 0 bridgehead atoms. The van der Waals surface area contributed by atoms with Crippen LogP contribution in [0, 0.1) is 11.3 Å². The average Bonchev–Trinajstić information content (AvgIpc) is 2.98. The molecule has 114 valence electrons. The number of hydrogen-bond acceptors (Lipinski definition) is 6. The summed E-state index contributed by atoms with van der Waals surface area (Å²) in [6.45, 7) is 0. The van der Waals surface area contributed by atoms with Gasteiger partial charge in [0.05, 0.1) is 5.56 Å². The van der Waals surface area contributed by atoms with Gasteiger partial charge in [0.15, 0.2) is 5.17 Å². The van der Waals surface area contributed by atoms with Crippen molar-refractivity contribution in [1.82, 2.24) is 0 Å². The van der Waals surface area contributed by atoms with Crippen molar-refractivity contribution in [3.63, 3.8) is 0 Å². The SMILES string of the molecule is N#Cc1c(NC(=O)C[C@H]2SC(N)=NC2=O)sc2c1CCCC2. The predicted molar refractivity (Wildman–Crippen MR) is 86.9 cm³/mol. The molecule has 2 heterocycles. The van der Waals surface area contributed by atoms with Gasteiger partial charge in [0, 0.05) is 11.3 Å². The minimum atomic E-state index is -0.555. The van der Waals surface area contributed by atoms with Crippen LogP contribution >= 0.6 is 23.1 Å². The second-order valence-electron chi connectivity index (χ2n) is 5.17. The van der Waals surface area contributed by atoms with E-state index in [0.717, 1.165) is 43.0 Å². The number of fused-ring (bicyclic) bond motifs is 1. The molecule has 22 heavy (non-hydrogen) atoms. The van der Waals surface area contributed by atoms with E-state index in [1.165, 1.54) is 16.2 Å². The fourth-order valence-corrected chi connectivity index (χ4v) is 4.73. The first-order valence-electron chi connectivity index (χ1n) is 6.97. The molecule has 6 nitrogen and oxygen atoms in total. The lowest BCUT2D eigenvalue weighted by Gasteiger charge is -2.09. The van der Waals surface area contributed by atoms with Crippen molar-refractivity contribution in [3.8, 4) is 6.07 Å². The maximum absolute atomic E-state index is 12.1. The molecule has 1 aliphatic heterocycles. The number of aryl methyl sites for hydroxylation is 1. The van der Waals surface area contributed by atoms with Crippen LogP contribution in [0.3, 0.4) is 0 Å². The summed E-state index contributed by atoms with van der Waals surface area (Å²) in [6, 6.07) is 2.20. The number of thiophene rings is 1. The summed E-state index contributed by atoms with van der Waals surface area (Å²) in [5.74, 6) is -0.658. The second kappa shape index (κ2) is 6.10. The topological polar surface area (TPSA) is 108 Å². The molecule has 0 aromatic carbocycles. The minimum absolute atomic E-state index is 0.0150. The van der Waals surface area contributed by atoms with Crippen molar-refractivity contribution in [2.75, 3.05) is 5.32 Å². The van der Waals surface area contributed by atoms with Crippen LogP contribution in [0.4, 0.5) is 5.00 Å². The number of carbonyl (C=O) groups excluding carboxylic acids is 2. The molecule has 0 radical (unpaired) electrons. The van der Waals surface area contributed by atoms with Crippen molar-refractivity contribution in [1.29, 1.82) is 5.26 Å². The van der Waals surface area contributed by atoms with Crippen LogP contribution in [-0.4, -0.2) is 22.2 Å². The van der Waals surface area contributed by atoms with Crippen molar-refractivity contribution in [3.05, 3.63) is 16.0 Å². The first-order chi connectivity index (χ1) is 10.6. The van der Waals surface area contributed by atoms with E-state index >= 15 is 0 Å². The molecule has 0 saturated heterocycles. The third kappa shape index (κ3) is 2.87. The highest BCUT2D eigenvalue weighted by Gasteiger charge is 2.30. The molecule has 0 fully saturated rings. The van der Waals surface area contributed by atoms with Crippen LogP contribution in [0.5, 0.6) is 0 Å². The van der Waals surface area contributed by atoms with Gasteiger partial charge in [-0.25, -0.2) is 0 Å². The molecule has 1 aromatic heterocycles. The first-order valence-corrected chi connectivity index (χ1v) is 8.67. The molecule has 3 N–H and O–H groups in total. The average molecular weight is 334 g/mol. The Kier molecular flexibility index (Phi) is 4.18. The highest BCUT2D eigenvalue weighted by Crippen LogP contribution is 2.37. The summed E-state index contributed by atoms with van der Waals surface area (Å²) >= 11 is 2.58. The van der Waals surface area contributed by atoms with Crippen LogP contribution in [0.15, 0.2) is 4.99 Å². The van der Waals surface area contributed by atoms with Gasteiger partial charge in [-0.15, -0.1) is 11.3 Å². The van der Waals surface area contributed by atoms with E-state index < -0.39 is 5.25 Å². The summed E-state index contributed by atoms with van der Waals surface area (Å²) in [5, 5.41) is 12.4. The van der Waals surface area contributed by atoms with Gasteiger partial charge in [-0.2, -0.15) is 10.3 Å². The Morgan fingerprint density at radius 1 is 1.45 bits per heavy atom. The van der Waals surface area contributed by atoms with Crippen molar-refractivity contribution in [2.45, 2.75) is 37.4 Å². The highest BCUT2D eigenvalue weighted by atomic mass is 32.2. The largest absolute Gasteiger partial charge is 0.378 e. The van der Waals surface area contributed by atoms with Crippen molar-refractivity contribution in [2.24, 2.45) is 10.7 Å². The Morgan fingerprint density at radius 3 is 2.91 bits per heavy atom. The number of nitrogens with one attached hydrogen (secondary N) is 1. The maximum Gasteiger partial charge on any atom is 0.262 e. The van der Waals surface area contributed by atoms with E-state index in [4.69, 9.17) is 5.73 Å². The van der Waals surface area contributed by atoms with E-state index in [-0.39, 0.29) is 23.4 Å². The normalized spacial score (nSPS) is 20.2. The number of hydrogen-bond donors (Lipinski definition) is 2. The van der Waals surface area contributed by atoms with Crippen LogP contribution < -0.4 is 11.1 Å².